The van der Waals surface area contributed by atoms with Gasteiger partial charge in [0.05, 0.1) is 0 Å². The highest BCUT2D eigenvalue weighted by molar-refractivity contribution is 6.31. The molecule has 0 radical (unpaired) electrons. The Balaban J connectivity index is 1.77. The van der Waals surface area contributed by atoms with Gasteiger partial charge in [-0.2, -0.15) is 0 Å². The number of nitrogens with zero attached hydrogens (tertiary/aromatic N) is 2. The third-order valence-electron chi connectivity index (χ3n) is 4.80. The van der Waals surface area contributed by atoms with Crippen molar-refractivity contribution in [3.63, 3.8) is 0 Å². The number of aliphatic hydroxyl groups is 1. The molecule has 0 aliphatic carbocycles. The van der Waals surface area contributed by atoms with Crippen molar-refractivity contribution in [2.45, 2.75) is 38.5 Å². The summed E-state index contributed by atoms with van der Waals surface area (Å²) in [4.78, 5) is 18.8. The lowest BCUT2D eigenvalue weighted by molar-refractivity contribution is -0.135. The van der Waals surface area contributed by atoms with Gasteiger partial charge in [0.1, 0.15) is 12.1 Å². The molecule has 0 saturated carbocycles. The van der Waals surface area contributed by atoms with E-state index < -0.39 is 12.1 Å². The van der Waals surface area contributed by atoms with Crippen LogP contribution in [0, 0.1) is 6.92 Å². The van der Waals surface area contributed by atoms with Gasteiger partial charge < -0.3 is 10.0 Å². The summed E-state index contributed by atoms with van der Waals surface area (Å²) in [5.74, 6) is -0.0579. The van der Waals surface area contributed by atoms with Crippen LogP contribution in [0.5, 0.6) is 0 Å². The zero-order chi connectivity index (χ0) is 18.5. The van der Waals surface area contributed by atoms with Crippen molar-refractivity contribution in [2.75, 3.05) is 13.1 Å². The molecule has 2 N–H and O–H groups in total. The fourth-order valence-electron chi connectivity index (χ4n) is 3.27. The molecule has 2 atom stereocenters. The number of hydrogen-bond donors (Lipinski definition) is 2. The van der Waals surface area contributed by atoms with Gasteiger partial charge in [0, 0.05) is 37.1 Å². The quantitative estimate of drug-likeness (QED) is 0.817. The number of carbonyl (C=O) groups is 1. The third-order valence-corrected chi connectivity index (χ3v) is 5.22. The van der Waals surface area contributed by atoms with Crippen molar-refractivity contribution in [3.05, 3.63) is 64.4 Å². The van der Waals surface area contributed by atoms with Crippen LogP contribution in [0.25, 0.3) is 0 Å². The summed E-state index contributed by atoms with van der Waals surface area (Å²) < 4.78 is 0. The van der Waals surface area contributed by atoms with E-state index in [0.717, 1.165) is 42.1 Å². The molecule has 5 nitrogen and oxygen atoms in total. The van der Waals surface area contributed by atoms with E-state index >= 15 is 0 Å². The molecule has 26 heavy (non-hydrogen) atoms. The fourth-order valence-corrected chi connectivity index (χ4v) is 3.38. The molecule has 1 aliphatic heterocycles. The number of hydrogen-bond acceptors (Lipinski definition) is 4. The summed E-state index contributed by atoms with van der Waals surface area (Å²) in [5, 5.41) is 14.8. The molecule has 0 spiro atoms. The standard InChI is InChI=1S/C20H24ClN3O2/c1-14-12-15(4-5-17(14)21)13-23-18(20(26)24-10-2-3-11-24)19(25)16-6-8-22-9-7-16/h4-9,12,18-19,23,25H,2-3,10-11,13H2,1H3/t18-,19+/m1/s1. The Kier molecular flexibility index (Phi) is 6.25. The normalized spacial score (nSPS) is 16.5. The number of carbonyl (C=O) groups excluding carboxylic acids is 1. The molecule has 2 aromatic rings. The van der Waals surface area contributed by atoms with Crippen molar-refractivity contribution < 1.29 is 9.90 Å². The van der Waals surface area contributed by atoms with Crippen LogP contribution in [0.2, 0.25) is 5.02 Å². The Morgan fingerprint density at radius 3 is 2.62 bits per heavy atom. The summed E-state index contributed by atoms with van der Waals surface area (Å²) in [6.45, 7) is 3.93. The van der Waals surface area contributed by atoms with Gasteiger partial charge in [0.15, 0.2) is 0 Å². The van der Waals surface area contributed by atoms with Gasteiger partial charge in [0.25, 0.3) is 0 Å². The van der Waals surface area contributed by atoms with Crippen molar-refractivity contribution in [1.82, 2.24) is 15.2 Å². The lowest BCUT2D eigenvalue weighted by atomic mass is 10.0. The monoisotopic (exact) mass is 373 g/mol. The minimum atomic E-state index is -0.931. The van der Waals surface area contributed by atoms with Crippen LogP contribution < -0.4 is 5.32 Å². The molecule has 0 unspecified atom stereocenters. The Labute approximate surface area is 159 Å². The molecule has 2 heterocycles. The minimum absolute atomic E-state index is 0.0579. The number of nitrogens with one attached hydrogen (secondary N) is 1. The Hall–Kier alpha value is -1.95. The van der Waals surface area contributed by atoms with E-state index in [1.807, 2.05) is 30.0 Å². The van der Waals surface area contributed by atoms with E-state index in [4.69, 9.17) is 11.6 Å². The number of likely N-dealkylation sites (tertiary alicyclic amines) is 1. The Morgan fingerprint density at radius 1 is 1.27 bits per heavy atom. The highest BCUT2D eigenvalue weighted by atomic mass is 35.5. The van der Waals surface area contributed by atoms with E-state index in [9.17, 15) is 9.90 Å². The second-order valence-corrected chi connectivity index (χ2v) is 7.11. The summed E-state index contributed by atoms with van der Waals surface area (Å²) in [6, 6.07) is 8.55. The number of aliphatic hydroxyl groups excluding tert-OH is 1. The fraction of sp³-hybridized carbons (Fsp3) is 0.400. The summed E-state index contributed by atoms with van der Waals surface area (Å²) in [6.07, 6.45) is 4.34. The maximum Gasteiger partial charge on any atom is 0.242 e. The first kappa shape index (κ1) is 18.8. The first-order valence-corrected chi connectivity index (χ1v) is 9.29. The van der Waals surface area contributed by atoms with Crippen molar-refractivity contribution >= 4 is 17.5 Å². The topological polar surface area (TPSA) is 65.5 Å². The highest BCUT2D eigenvalue weighted by Crippen LogP contribution is 2.21. The van der Waals surface area contributed by atoms with Gasteiger partial charge in [-0.3, -0.25) is 15.1 Å². The molecule has 1 saturated heterocycles. The maximum atomic E-state index is 13.0. The molecule has 138 valence electrons. The second kappa shape index (κ2) is 8.62. The molecule has 0 bridgehead atoms. The zero-order valence-corrected chi connectivity index (χ0v) is 15.6. The van der Waals surface area contributed by atoms with Crippen LogP contribution in [0.15, 0.2) is 42.7 Å². The Bertz CT molecular complexity index is 748. The van der Waals surface area contributed by atoms with Gasteiger partial charge in [-0.15, -0.1) is 0 Å². The molecule has 1 aliphatic rings. The Morgan fingerprint density at radius 2 is 1.96 bits per heavy atom. The summed E-state index contributed by atoms with van der Waals surface area (Å²) >= 11 is 6.08. The van der Waals surface area contributed by atoms with Gasteiger partial charge in [-0.1, -0.05) is 23.7 Å². The van der Waals surface area contributed by atoms with Gasteiger partial charge in [0.2, 0.25) is 5.91 Å². The summed E-state index contributed by atoms with van der Waals surface area (Å²) in [5.41, 5.74) is 2.69. The molecular weight excluding hydrogens is 350 g/mol. The molecule has 1 fully saturated rings. The van der Waals surface area contributed by atoms with E-state index in [2.05, 4.69) is 10.3 Å². The SMILES string of the molecule is Cc1cc(CN[C@@H](C(=O)N2CCCC2)[C@@H](O)c2ccncc2)ccc1Cl. The predicted octanol–water partition coefficient (Wildman–Crippen LogP) is 2.86. The number of rotatable bonds is 6. The highest BCUT2D eigenvalue weighted by Gasteiger charge is 2.32. The number of halogens is 1. The van der Waals surface area contributed by atoms with Crippen LogP contribution >= 0.6 is 11.6 Å². The van der Waals surface area contributed by atoms with Crippen molar-refractivity contribution in [3.8, 4) is 0 Å². The number of pyridine rings is 1. The third kappa shape index (κ3) is 4.41. The second-order valence-electron chi connectivity index (χ2n) is 6.70. The molecule has 3 rings (SSSR count). The lowest BCUT2D eigenvalue weighted by Crippen LogP contribution is -2.48. The number of benzene rings is 1. The van der Waals surface area contributed by atoms with E-state index in [-0.39, 0.29) is 5.91 Å². The zero-order valence-electron chi connectivity index (χ0n) is 14.9. The van der Waals surface area contributed by atoms with Crippen LogP contribution in [0.4, 0.5) is 0 Å². The largest absolute Gasteiger partial charge is 0.386 e. The van der Waals surface area contributed by atoms with E-state index in [1.165, 1.54) is 0 Å². The van der Waals surface area contributed by atoms with Crippen LogP contribution in [0.1, 0.15) is 35.6 Å². The number of aromatic nitrogens is 1. The van der Waals surface area contributed by atoms with Crippen LogP contribution in [-0.2, 0) is 11.3 Å². The van der Waals surface area contributed by atoms with Crippen molar-refractivity contribution in [2.24, 2.45) is 0 Å². The van der Waals surface area contributed by atoms with Gasteiger partial charge in [-0.05, 0) is 54.7 Å². The van der Waals surface area contributed by atoms with Crippen LogP contribution in [-0.4, -0.2) is 40.0 Å². The van der Waals surface area contributed by atoms with E-state index in [0.29, 0.717) is 12.1 Å². The van der Waals surface area contributed by atoms with Gasteiger partial charge in [-0.25, -0.2) is 0 Å². The molecular formula is C20H24ClN3O2. The summed E-state index contributed by atoms with van der Waals surface area (Å²) in [7, 11) is 0. The smallest absolute Gasteiger partial charge is 0.242 e. The van der Waals surface area contributed by atoms with Gasteiger partial charge >= 0.3 is 0 Å². The molecule has 1 aromatic heterocycles. The average molecular weight is 374 g/mol. The minimum Gasteiger partial charge on any atom is -0.386 e. The molecule has 6 heteroatoms. The first-order valence-electron chi connectivity index (χ1n) is 8.91. The lowest BCUT2D eigenvalue weighted by Gasteiger charge is -2.28. The average Bonchev–Trinajstić information content (AvgIpc) is 3.20. The number of amides is 1. The van der Waals surface area contributed by atoms with Crippen molar-refractivity contribution in [1.29, 1.82) is 0 Å². The maximum absolute atomic E-state index is 13.0. The number of aryl methyl sites for hydroxylation is 1. The van der Waals surface area contributed by atoms with E-state index in [1.54, 1.807) is 24.5 Å². The first-order chi connectivity index (χ1) is 12.6. The predicted molar refractivity (Wildman–Crippen MR) is 102 cm³/mol. The van der Waals surface area contributed by atoms with Crippen LogP contribution in [0.3, 0.4) is 0 Å². The molecule has 1 aromatic carbocycles. The molecule has 1 amide bonds.